The van der Waals surface area contributed by atoms with Crippen molar-refractivity contribution in [2.24, 2.45) is 10.8 Å². The first kappa shape index (κ1) is 32.1. The van der Waals surface area contributed by atoms with Crippen LogP contribution < -0.4 is 5.32 Å². The van der Waals surface area contributed by atoms with Crippen molar-refractivity contribution in [3.8, 4) is 22.3 Å². The summed E-state index contributed by atoms with van der Waals surface area (Å²) in [7, 11) is 0. The van der Waals surface area contributed by atoms with Crippen LogP contribution in [0.2, 0.25) is 0 Å². The van der Waals surface area contributed by atoms with E-state index in [1.165, 1.54) is 12.1 Å². The molecule has 45 heavy (non-hydrogen) atoms. The van der Waals surface area contributed by atoms with Crippen molar-refractivity contribution < 1.29 is 18.3 Å². The van der Waals surface area contributed by atoms with E-state index in [0.29, 0.717) is 50.1 Å². The third kappa shape index (κ3) is 6.87. The predicted molar refractivity (Wildman–Crippen MR) is 176 cm³/mol. The number of carbonyl (C=O) groups excluding carboxylic acids is 1. The summed E-state index contributed by atoms with van der Waals surface area (Å²) in [5.41, 5.74) is 3.44. The van der Waals surface area contributed by atoms with Gasteiger partial charge in [-0.1, -0.05) is 72.7 Å². The van der Waals surface area contributed by atoms with Crippen LogP contribution in [0, 0.1) is 22.5 Å². The van der Waals surface area contributed by atoms with E-state index in [-0.39, 0.29) is 17.2 Å². The van der Waals surface area contributed by atoms with Crippen molar-refractivity contribution in [1.82, 2.24) is 25.3 Å². The zero-order valence-electron chi connectivity index (χ0n) is 27.7. The van der Waals surface area contributed by atoms with Crippen molar-refractivity contribution >= 4 is 28.2 Å². The number of amides is 1. The van der Waals surface area contributed by atoms with Crippen LogP contribution in [0.3, 0.4) is 0 Å². The number of nitrogens with one attached hydrogen (secondary N) is 3. The standard InChI is InChI=1S/C36H43F2N5O2/c1-19(34(2,3)4)31-39-26-15-22(24(37)17-28(26)40-31)20-11-13-21(14-12-20)23-16-27-29(18-25(23)38)42-32(41-27)30(35(5,6)7)43-33(44)45-36(8,9)10/h11-19,30H,1-10H3,(H,39,40)(H,41,42)(H,43,44)/t19-,30-/m1/s1. The van der Waals surface area contributed by atoms with Gasteiger partial charge in [0.15, 0.2) is 0 Å². The lowest BCUT2D eigenvalue weighted by atomic mass is 9.82. The Morgan fingerprint density at radius 2 is 1.18 bits per heavy atom. The summed E-state index contributed by atoms with van der Waals surface area (Å²) in [6, 6.07) is 12.9. The van der Waals surface area contributed by atoms with Gasteiger partial charge in [0.1, 0.15) is 28.9 Å². The fraction of sp³-hybridized carbons (Fsp3) is 0.417. The van der Waals surface area contributed by atoms with Gasteiger partial charge in [0.25, 0.3) is 0 Å². The third-order valence-corrected chi connectivity index (χ3v) is 8.19. The second-order valence-electron chi connectivity index (χ2n) is 15.1. The van der Waals surface area contributed by atoms with Gasteiger partial charge >= 0.3 is 6.09 Å². The highest BCUT2D eigenvalue weighted by Crippen LogP contribution is 2.37. The maximum absolute atomic E-state index is 15.4. The Bertz CT molecular complexity index is 1870. The lowest BCUT2D eigenvalue weighted by Crippen LogP contribution is -2.40. The highest BCUT2D eigenvalue weighted by molar-refractivity contribution is 5.85. The molecule has 0 bridgehead atoms. The van der Waals surface area contributed by atoms with E-state index in [0.717, 1.165) is 5.82 Å². The summed E-state index contributed by atoms with van der Waals surface area (Å²) in [4.78, 5) is 28.6. The zero-order valence-corrected chi connectivity index (χ0v) is 27.7. The van der Waals surface area contributed by atoms with E-state index in [4.69, 9.17) is 14.7 Å². The maximum Gasteiger partial charge on any atom is 0.408 e. The molecule has 0 saturated carbocycles. The topological polar surface area (TPSA) is 95.7 Å². The molecule has 5 rings (SSSR count). The fourth-order valence-corrected chi connectivity index (χ4v) is 5.24. The van der Waals surface area contributed by atoms with Gasteiger partial charge in [0.05, 0.1) is 28.1 Å². The Kier molecular flexibility index (Phi) is 8.05. The van der Waals surface area contributed by atoms with Gasteiger partial charge in [-0.25, -0.2) is 23.5 Å². The largest absolute Gasteiger partial charge is 0.444 e. The predicted octanol–water partition coefficient (Wildman–Crippen LogP) is 9.81. The first-order valence-electron chi connectivity index (χ1n) is 15.3. The van der Waals surface area contributed by atoms with Crippen LogP contribution in [0.4, 0.5) is 13.6 Å². The molecule has 0 unspecified atom stereocenters. The van der Waals surface area contributed by atoms with Crippen molar-refractivity contribution in [3.05, 3.63) is 71.8 Å². The Morgan fingerprint density at radius 3 is 1.60 bits per heavy atom. The zero-order chi connectivity index (χ0) is 33.1. The molecule has 0 aliphatic rings. The molecule has 2 aromatic heterocycles. The molecule has 1 amide bonds. The van der Waals surface area contributed by atoms with Crippen molar-refractivity contribution in [3.63, 3.8) is 0 Å². The van der Waals surface area contributed by atoms with Crippen LogP contribution in [-0.2, 0) is 4.74 Å². The van der Waals surface area contributed by atoms with Crippen LogP contribution in [0.1, 0.15) is 92.8 Å². The van der Waals surface area contributed by atoms with Gasteiger partial charge in [-0.15, -0.1) is 0 Å². The maximum atomic E-state index is 15.4. The summed E-state index contributed by atoms with van der Waals surface area (Å²) in [6.07, 6.45) is -0.558. The Morgan fingerprint density at radius 1 is 0.733 bits per heavy atom. The molecule has 7 nitrogen and oxygen atoms in total. The molecule has 9 heteroatoms. The smallest absolute Gasteiger partial charge is 0.408 e. The number of halogens is 2. The molecule has 0 saturated heterocycles. The Labute approximate surface area is 263 Å². The first-order chi connectivity index (χ1) is 20.8. The second kappa shape index (κ2) is 11.3. The van der Waals surface area contributed by atoms with E-state index in [1.807, 2.05) is 20.8 Å². The Hall–Kier alpha value is -4.27. The molecular weight excluding hydrogens is 572 g/mol. The van der Waals surface area contributed by atoms with Gasteiger partial charge in [-0.3, -0.25) is 0 Å². The van der Waals surface area contributed by atoms with Crippen molar-refractivity contribution in [2.45, 2.75) is 86.8 Å². The van der Waals surface area contributed by atoms with Gasteiger partial charge in [-0.05, 0) is 54.9 Å². The summed E-state index contributed by atoms with van der Waals surface area (Å²) in [5, 5.41) is 2.92. The van der Waals surface area contributed by atoms with E-state index < -0.39 is 29.0 Å². The van der Waals surface area contributed by atoms with E-state index in [9.17, 15) is 4.79 Å². The summed E-state index contributed by atoms with van der Waals surface area (Å²) < 4.78 is 36.2. The van der Waals surface area contributed by atoms with E-state index in [2.05, 4.69) is 43.0 Å². The number of H-pyrrole nitrogens is 2. The number of nitrogens with zero attached hydrogens (tertiary/aromatic N) is 2. The summed E-state index contributed by atoms with van der Waals surface area (Å²) in [6.45, 7) is 19.9. The molecule has 238 valence electrons. The molecule has 3 N–H and O–H groups in total. The van der Waals surface area contributed by atoms with Crippen LogP contribution >= 0.6 is 0 Å². The van der Waals surface area contributed by atoms with Gasteiger partial charge < -0.3 is 20.0 Å². The molecule has 3 aromatic carbocycles. The lowest BCUT2D eigenvalue weighted by molar-refractivity contribution is 0.0458. The number of hydrogen-bond donors (Lipinski definition) is 3. The fourth-order valence-electron chi connectivity index (χ4n) is 5.24. The average Bonchev–Trinajstić information content (AvgIpc) is 3.51. The highest BCUT2D eigenvalue weighted by atomic mass is 19.1. The lowest BCUT2D eigenvalue weighted by Gasteiger charge is -2.31. The number of aromatic amines is 2. The van der Waals surface area contributed by atoms with Crippen molar-refractivity contribution in [2.75, 3.05) is 0 Å². The first-order valence-corrected chi connectivity index (χ1v) is 15.3. The van der Waals surface area contributed by atoms with Crippen LogP contribution in [-0.4, -0.2) is 31.6 Å². The monoisotopic (exact) mass is 615 g/mol. The average molecular weight is 616 g/mol. The SMILES string of the molecule is C[C@H](c1nc2cc(-c3ccc(-c4cc5nc([C@@H](NC(=O)OC(C)(C)C)C(C)(C)C)[nH]c5cc4F)cc3)c(F)cc2[nH]1)C(C)(C)C. The number of fused-ring (bicyclic) bond motifs is 2. The number of benzene rings is 3. The van der Waals surface area contributed by atoms with Crippen LogP contribution in [0.15, 0.2) is 48.5 Å². The molecule has 0 aliphatic carbocycles. The second-order valence-corrected chi connectivity index (χ2v) is 15.1. The molecule has 2 atom stereocenters. The van der Waals surface area contributed by atoms with Gasteiger partial charge in [-0.2, -0.15) is 0 Å². The van der Waals surface area contributed by atoms with E-state index in [1.54, 1.807) is 57.2 Å². The number of imidazole rings is 2. The van der Waals surface area contributed by atoms with Gasteiger partial charge in [0.2, 0.25) is 0 Å². The quantitative estimate of drug-likeness (QED) is 0.183. The Balaban J connectivity index is 1.44. The molecule has 5 aromatic rings. The minimum absolute atomic E-state index is 0.00608. The highest BCUT2D eigenvalue weighted by Gasteiger charge is 2.32. The van der Waals surface area contributed by atoms with Crippen molar-refractivity contribution in [1.29, 1.82) is 0 Å². The normalized spacial score (nSPS) is 14.1. The molecule has 0 aliphatic heterocycles. The molecule has 0 radical (unpaired) electrons. The molecule has 2 heterocycles. The molecule has 0 fully saturated rings. The summed E-state index contributed by atoms with van der Waals surface area (Å²) >= 11 is 0. The molecular formula is C36H43F2N5O2. The van der Waals surface area contributed by atoms with Gasteiger partial charge in [0, 0.05) is 29.2 Å². The molecule has 0 spiro atoms. The van der Waals surface area contributed by atoms with Crippen LogP contribution in [0.25, 0.3) is 44.3 Å². The summed E-state index contributed by atoms with van der Waals surface area (Å²) in [5.74, 6) is 0.696. The van der Waals surface area contributed by atoms with Crippen LogP contribution in [0.5, 0.6) is 0 Å². The minimum atomic E-state index is -0.653. The van der Waals surface area contributed by atoms with E-state index >= 15 is 8.78 Å². The number of hydrogen-bond acceptors (Lipinski definition) is 4. The number of carbonyl (C=O) groups is 1. The number of rotatable bonds is 5. The number of ether oxygens (including phenoxy) is 1. The number of aromatic nitrogens is 4. The number of alkyl carbamates (subject to hydrolysis) is 1. The minimum Gasteiger partial charge on any atom is -0.444 e. The third-order valence-electron chi connectivity index (χ3n) is 8.19.